The molecule has 0 saturated carbocycles. The zero-order valence-electron chi connectivity index (χ0n) is 29.9. The first-order valence-electron chi connectivity index (χ1n) is 18.3. The molecule has 0 atom stereocenters. The fourth-order valence-corrected chi connectivity index (χ4v) is 10.3. The molecule has 0 bridgehead atoms. The third-order valence-corrected chi connectivity index (χ3v) is 12.9. The molecule has 0 spiro atoms. The SMILES string of the molecule is CC1(C)c2ccccc2-c2ccc(N(c3ccc(-c4ccccc4)cc3)c3ccc(-c4ccc5c(c4)C(C)(C)c4c-5sc5ccccc45)cc3)cc21. The van der Waals surface area contributed by atoms with E-state index in [1.165, 1.54) is 76.2 Å². The fraction of sp³-hybridized carbons (Fsp3) is 0.120. The molecular formula is C50H39NS. The summed E-state index contributed by atoms with van der Waals surface area (Å²) >= 11 is 1.93. The first-order valence-corrected chi connectivity index (χ1v) is 19.1. The molecule has 2 aliphatic carbocycles. The minimum atomic E-state index is -0.0778. The van der Waals surface area contributed by atoms with Gasteiger partial charge in [0.25, 0.3) is 0 Å². The second-order valence-corrected chi connectivity index (χ2v) is 16.4. The summed E-state index contributed by atoms with van der Waals surface area (Å²) in [6, 6.07) is 60.7. The molecule has 8 aromatic rings. The Bertz CT molecular complexity index is 2660. The summed E-state index contributed by atoms with van der Waals surface area (Å²) in [5.74, 6) is 0. The standard InChI is InChI=1S/C50H39NS/c1-49(2)43-16-10-8-14-39(43)40-29-27-38(31-45(40)49)51(36-23-18-33(19-24-36)32-12-6-5-7-13-32)37-25-20-34(21-26-37)35-22-28-41-44(30-35)50(3,4)47-42-15-9-11-17-46(42)52-48(41)47/h5-31H,1-4H3. The largest absolute Gasteiger partial charge is 0.310 e. The van der Waals surface area contributed by atoms with E-state index in [4.69, 9.17) is 0 Å². The number of thiophene rings is 1. The predicted octanol–water partition coefficient (Wildman–Crippen LogP) is 14.3. The van der Waals surface area contributed by atoms with E-state index in [0.717, 1.165) is 17.1 Å². The lowest BCUT2D eigenvalue weighted by atomic mass is 9.80. The van der Waals surface area contributed by atoms with Crippen molar-refractivity contribution in [3.05, 3.63) is 186 Å². The van der Waals surface area contributed by atoms with E-state index in [-0.39, 0.29) is 10.8 Å². The highest BCUT2D eigenvalue weighted by molar-refractivity contribution is 7.22. The Kier molecular flexibility index (Phi) is 6.81. The first kappa shape index (κ1) is 31.1. The van der Waals surface area contributed by atoms with Gasteiger partial charge in [-0.25, -0.2) is 0 Å². The Morgan fingerprint density at radius 2 is 0.942 bits per heavy atom. The van der Waals surface area contributed by atoms with Gasteiger partial charge in [-0.3, -0.25) is 0 Å². The van der Waals surface area contributed by atoms with Crippen molar-refractivity contribution in [3.63, 3.8) is 0 Å². The molecule has 0 fully saturated rings. The Labute approximate surface area is 310 Å². The lowest BCUT2D eigenvalue weighted by Crippen LogP contribution is -2.16. The monoisotopic (exact) mass is 685 g/mol. The van der Waals surface area contributed by atoms with E-state index in [2.05, 4.69) is 196 Å². The fourth-order valence-electron chi connectivity index (χ4n) is 8.94. The molecule has 0 amide bonds. The Hall–Kier alpha value is -5.70. The van der Waals surface area contributed by atoms with Crippen LogP contribution in [0.3, 0.4) is 0 Å². The van der Waals surface area contributed by atoms with E-state index in [1.807, 2.05) is 11.3 Å². The lowest BCUT2D eigenvalue weighted by molar-refractivity contribution is 0.660. The molecule has 7 aromatic carbocycles. The van der Waals surface area contributed by atoms with Crippen LogP contribution in [0.15, 0.2) is 164 Å². The van der Waals surface area contributed by atoms with Gasteiger partial charge in [0.05, 0.1) is 0 Å². The van der Waals surface area contributed by atoms with Crippen molar-refractivity contribution in [3.8, 4) is 43.8 Å². The average Bonchev–Trinajstić information content (AvgIpc) is 3.76. The molecule has 1 heterocycles. The van der Waals surface area contributed by atoms with Crippen LogP contribution in [0.25, 0.3) is 53.9 Å². The maximum atomic E-state index is 2.44. The van der Waals surface area contributed by atoms with Crippen LogP contribution in [0.4, 0.5) is 17.1 Å². The van der Waals surface area contributed by atoms with Gasteiger partial charge in [-0.1, -0.05) is 143 Å². The summed E-state index contributed by atoms with van der Waals surface area (Å²) in [6.45, 7) is 9.49. The number of anilines is 3. The normalized spacial score (nSPS) is 14.5. The van der Waals surface area contributed by atoms with Crippen molar-refractivity contribution in [1.29, 1.82) is 0 Å². The van der Waals surface area contributed by atoms with E-state index < -0.39 is 0 Å². The Balaban J connectivity index is 1.05. The van der Waals surface area contributed by atoms with Crippen LogP contribution in [-0.4, -0.2) is 0 Å². The lowest BCUT2D eigenvalue weighted by Gasteiger charge is -2.28. The highest BCUT2D eigenvalue weighted by atomic mass is 32.1. The second-order valence-electron chi connectivity index (χ2n) is 15.4. The van der Waals surface area contributed by atoms with Gasteiger partial charge in [0.1, 0.15) is 0 Å². The van der Waals surface area contributed by atoms with Crippen LogP contribution >= 0.6 is 11.3 Å². The van der Waals surface area contributed by atoms with Crippen molar-refractivity contribution in [2.24, 2.45) is 0 Å². The number of nitrogens with zero attached hydrogens (tertiary/aromatic N) is 1. The van der Waals surface area contributed by atoms with Gasteiger partial charge in [0.2, 0.25) is 0 Å². The van der Waals surface area contributed by atoms with Crippen molar-refractivity contribution < 1.29 is 0 Å². The van der Waals surface area contributed by atoms with Crippen LogP contribution in [0.5, 0.6) is 0 Å². The van der Waals surface area contributed by atoms with Crippen molar-refractivity contribution >= 4 is 38.5 Å². The van der Waals surface area contributed by atoms with E-state index in [9.17, 15) is 0 Å². The molecule has 1 nitrogen and oxygen atoms in total. The number of hydrogen-bond acceptors (Lipinski definition) is 2. The summed E-state index contributed by atoms with van der Waals surface area (Å²) in [7, 11) is 0. The molecule has 0 saturated heterocycles. The average molecular weight is 686 g/mol. The summed E-state index contributed by atoms with van der Waals surface area (Å²) in [5, 5.41) is 1.39. The first-order chi connectivity index (χ1) is 25.3. The van der Waals surface area contributed by atoms with Gasteiger partial charge in [-0.15, -0.1) is 11.3 Å². The van der Waals surface area contributed by atoms with Gasteiger partial charge in [-0.2, -0.15) is 0 Å². The highest BCUT2D eigenvalue weighted by Crippen LogP contribution is 2.56. The Morgan fingerprint density at radius 1 is 0.404 bits per heavy atom. The van der Waals surface area contributed by atoms with E-state index >= 15 is 0 Å². The number of benzene rings is 7. The van der Waals surface area contributed by atoms with E-state index in [0.29, 0.717) is 0 Å². The molecule has 1 aromatic heterocycles. The van der Waals surface area contributed by atoms with Crippen molar-refractivity contribution in [1.82, 2.24) is 0 Å². The van der Waals surface area contributed by atoms with E-state index in [1.54, 1.807) is 0 Å². The minimum absolute atomic E-state index is 0.0516. The molecule has 0 aliphatic heterocycles. The van der Waals surface area contributed by atoms with Crippen LogP contribution in [-0.2, 0) is 10.8 Å². The molecule has 2 aliphatic rings. The van der Waals surface area contributed by atoms with Crippen molar-refractivity contribution in [2.75, 3.05) is 4.90 Å². The molecule has 250 valence electrons. The molecule has 10 rings (SSSR count). The van der Waals surface area contributed by atoms with Crippen LogP contribution < -0.4 is 4.90 Å². The quantitative estimate of drug-likeness (QED) is 0.174. The molecule has 0 unspecified atom stereocenters. The van der Waals surface area contributed by atoms with Crippen LogP contribution in [0.2, 0.25) is 0 Å². The summed E-state index contributed by atoms with van der Waals surface area (Å²) in [4.78, 5) is 3.84. The van der Waals surface area contributed by atoms with Gasteiger partial charge < -0.3 is 4.90 Å². The maximum Gasteiger partial charge on any atom is 0.0465 e. The summed E-state index contributed by atoms with van der Waals surface area (Å²) in [6.07, 6.45) is 0. The Morgan fingerprint density at radius 3 is 1.69 bits per heavy atom. The van der Waals surface area contributed by atoms with Crippen LogP contribution in [0.1, 0.15) is 49.9 Å². The topological polar surface area (TPSA) is 3.24 Å². The minimum Gasteiger partial charge on any atom is -0.310 e. The molecule has 0 radical (unpaired) electrons. The molecule has 52 heavy (non-hydrogen) atoms. The highest BCUT2D eigenvalue weighted by Gasteiger charge is 2.39. The maximum absolute atomic E-state index is 2.44. The van der Waals surface area contributed by atoms with Gasteiger partial charge in [-0.05, 0) is 115 Å². The zero-order chi connectivity index (χ0) is 35.2. The molecule has 2 heteroatoms. The summed E-state index contributed by atoms with van der Waals surface area (Å²) in [5.41, 5.74) is 18.0. The number of fused-ring (bicyclic) bond motifs is 8. The third kappa shape index (κ3) is 4.60. The summed E-state index contributed by atoms with van der Waals surface area (Å²) < 4.78 is 1.38. The number of hydrogen-bond donors (Lipinski definition) is 0. The van der Waals surface area contributed by atoms with Crippen LogP contribution in [0, 0.1) is 0 Å². The molecule has 0 N–H and O–H groups in total. The van der Waals surface area contributed by atoms with Crippen molar-refractivity contribution in [2.45, 2.75) is 38.5 Å². The second kappa shape index (κ2) is 11.4. The van der Waals surface area contributed by atoms with Gasteiger partial charge >= 0.3 is 0 Å². The number of rotatable bonds is 5. The predicted molar refractivity (Wildman–Crippen MR) is 223 cm³/mol. The third-order valence-electron chi connectivity index (χ3n) is 11.7. The van der Waals surface area contributed by atoms with Gasteiger partial charge in [0, 0.05) is 37.5 Å². The molecular weight excluding hydrogens is 647 g/mol. The zero-order valence-corrected chi connectivity index (χ0v) is 30.8. The van der Waals surface area contributed by atoms with Gasteiger partial charge in [0.15, 0.2) is 0 Å². The smallest absolute Gasteiger partial charge is 0.0465 e.